The Labute approximate surface area is 107 Å². The third-order valence-corrected chi connectivity index (χ3v) is 4.18. The number of amides is 1. The number of thiophene rings is 1. The van der Waals surface area contributed by atoms with Gasteiger partial charge in [-0.25, -0.2) is 0 Å². The molecule has 3 nitrogen and oxygen atoms in total. The summed E-state index contributed by atoms with van der Waals surface area (Å²) in [5, 5.41) is 4.17. The van der Waals surface area contributed by atoms with E-state index in [1.165, 1.54) is 5.56 Å². The van der Waals surface area contributed by atoms with E-state index in [-0.39, 0.29) is 11.9 Å². The van der Waals surface area contributed by atoms with Crippen molar-refractivity contribution < 1.29 is 4.79 Å². The van der Waals surface area contributed by atoms with Crippen molar-refractivity contribution in [1.29, 1.82) is 0 Å². The third-order valence-electron chi connectivity index (χ3n) is 3.44. The van der Waals surface area contributed by atoms with Crippen LogP contribution in [0.2, 0.25) is 0 Å². The monoisotopic (exact) mass is 252 g/mol. The minimum Gasteiger partial charge on any atom is -0.340 e. The molecule has 1 aromatic heterocycles. The van der Waals surface area contributed by atoms with Crippen LogP contribution in [0.3, 0.4) is 0 Å². The molecule has 0 spiro atoms. The Hall–Kier alpha value is -0.870. The van der Waals surface area contributed by atoms with Crippen molar-refractivity contribution in [3.05, 3.63) is 22.4 Å². The van der Waals surface area contributed by atoms with Crippen molar-refractivity contribution in [2.75, 3.05) is 6.54 Å². The van der Waals surface area contributed by atoms with E-state index in [4.69, 9.17) is 5.73 Å². The fourth-order valence-electron chi connectivity index (χ4n) is 2.41. The standard InChI is InChI=1S/C13H20N2OS/c1-10-8-12(14)4-6-15(10)13(16)3-2-11-5-7-17-9-11/h5,7,9-10,12H,2-4,6,8,14H2,1H3/t10-,12+/m0/s1. The molecule has 0 aromatic carbocycles. The SMILES string of the molecule is C[C@H]1C[C@H](N)CCN1C(=O)CCc1ccsc1. The molecule has 0 unspecified atom stereocenters. The molecule has 17 heavy (non-hydrogen) atoms. The van der Waals surface area contributed by atoms with Crippen LogP contribution in [0.5, 0.6) is 0 Å². The molecule has 2 rings (SSSR count). The van der Waals surface area contributed by atoms with Gasteiger partial charge in [-0.15, -0.1) is 0 Å². The van der Waals surface area contributed by atoms with Crippen molar-refractivity contribution in [1.82, 2.24) is 4.90 Å². The Morgan fingerprint density at radius 2 is 2.47 bits per heavy atom. The van der Waals surface area contributed by atoms with E-state index >= 15 is 0 Å². The maximum atomic E-state index is 12.1. The van der Waals surface area contributed by atoms with Crippen molar-refractivity contribution in [2.24, 2.45) is 5.73 Å². The molecule has 1 fully saturated rings. The van der Waals surface area contributed by atoms with Gasteiger partial charge in [-0.2, -0.15) is 11.3 Å². The molecule has 1 aromatic rings. The minimum absolute atomic E-state index is 0.269. The second-order valence-electron chi connectivity index (χ2n) is 4.85. The van der Waals surface area contributed by atoms with Crippen LogP contribution in [-0.4, -0.2) is 29.4 Å². The molecule has 0 radical (unpaired) electrons. The number of carbonyl (C=O) groups excluding carboxylic acids is 1. The predicted octanol–water partition coefficient (Wildman–Crippen LogP) is 2.02. The van der Waals surface area contributed by atoms with Gasteiger partial charge >= 0.3 is 0 Å². The summed E-state index contributed by atoms with van der Waals surface area (Å²) in [6.07, 6.45) is 3.35. The summed E-state index contributed by atoms with van der Waals surface area (Å²) in [6.45, 7) is 2.92. The molecule has 1 aliphatic rings. The van der Waals surface area contributed by atoms with Gasteiger partial charge in [0, 0.05) is 25.0 Å². The number of piperidine rings is 1. The zero-order valence-electron chi connectivity index (χ0n) is 10.3. The highest BCUT2D eigenvalue weighted by atomic mass is 32.1. The molecular formula is C13H20N2OS. The molecule has 4 heteroatoms. The summed E-state index contributed by atoms with van der Waals surface area (Å²) in [7, 11) is 0. The van der Waals surface area contributed by atoms with Crippen molar-refractivity contribution in [3.63, 3.8) is 0 Å². The summed E-state index contributed by atoms with van der Waals surface area (Å²) in [4.78, 5) is 14.1. The van der Waals surface area contributed by atoms with Gasteiger partial charge < -0.3 is 10.6 Å². The number of hydrogen-bond acceptors (Lipinski definition) is 3. The molecule has 1 saturated heterocycles. The first-order chi connectivity index (χ1) is 8.16. The highest BCUT2D eigenvalue weighted by molar-refractivity contribution is 7.07. The highest BCUT2D eigenvalue weighted by Gasteiger charge is 2.26. The maximum Gasteiger partial charge on any atom is 0.223 e. The fourth-order valence-corrected chi connectivity index (χ4v) is 3.11. The van der Waals surface area contributed by atoms with Gasteiger partial charge in [0.1, 0.15) is 0 Å². The van der Waals surface area contributed by atoms with E-state index in [0.29, 0.717) is 12.5 Å². The number of carbonyl (C=O) groups is 1. The average Bonchev–Trinajstić information content (AvgIpc) is 2.78. The Morgan fingerprint density at radius 3 is 3.12 bits per heavy atom. The second kappa shape index (κ2) is 5.65. The first-order valence-corrected chi connectivity index (χ1v) is 7.17. The summed E-state index contributed by atoms with van der Waals surface area (Å²) in [6, 6.07) is 2.66. The average molecular weight is 252 g/mol. The molecule has 0 saturated carbocycles. The third kappa shape index (κ3) is 3.30. The van der Waals surface area contributed by atoms with E-state index in [2.05, 4.69) is 23.8 Å². The number of hydrogen-bond donors (Lipinski definition) is 1. The molecule has 1 amide bonds. The lowest BCUT2D eigenvalue weighted by atomic mass is 9.98. The number of nitrogens with two attached hydrogens (primary N) is 1. The molecule has 0 aliphatic carbocycles. The number of likely N-dealkylation sites (tertiary alicyclic amines) is 1. The summed E-state index contributed by atoms with van der Waals surface area (Å²) in [5.41, 5.74) is 7.17. The smallest absolute Gasteiger partial charge is 0.223 e. The predicted molar refractivity (Wildman–Crippen MR) is 71.0 cm³/mol. The summed E-state index contributed by atoms with van der Waals surface area (Å²) in [5.74, 6) is 0.274. The lowest BCUT2D eigenvalue weighted by Gasteiger charge is -2.36. The fraction of sp³-hybridized carbons (Fsp3) is 0.615. The first-order valence-electron chi connectivity index (χ1n) is 6.23. The van der Waals surface area contributed by atoms with E-state index in [0.717, 1.165) is 25.8 Å². The van der Waals surface area contributed by atoms with Crippen LogP contribution in [-0.2, 0) is 11.2 Å². The van der Waals surface area contributed by atoms with Gasteiger partial charge in [0.05, 0.1) is 0 Å². The number of nitrogens with zero attached hydrogens (tertiary/aromatic N) is 1. The van der Waals surface area contributed by atoms with Crippen LogP contribution in [0.15, 0.2) is 16.8 Å². The van der Waals surface area contributed by atoms with Gasteiger partial charge in [-0.3, -0.25) is 4.79 Å². The van der Waals surface area contributed by atoms with Gasteiger partial charge in [0.15, 0.2) is 0 Å². The van der Waals surface area contributed by atoms with Crippen LogP contribution in [0.25, 0.3) is 0 Å². The van der Waals surface area contributed by atoms with Gasteiger partial charge in [-0.05, 0) is 48.6 Å². The lowest BCUT2D eigenvalue weighted by molar-refractivity contribution is -0.134. The van der Waals surface area contributed by atoms with E-state index in [1.54, 1.807) is 11.3 Å². The van der Waals surface area contributed by atoms with E-state index in [1.807, 2.05) is 4.90 Å². The molecular weight excluding hydrogens is 232 g/mol. The largest absolute Gasteiger partial charge is 0.340 e. The number of rotatable bonds is 3. The first kappa shape index (κ1) is 12.6. The zero-order valence-corrected chi connectivity index (χ0v) is 11.1. The minimum atomic E-state index is 0.269. The number of aryl methyl sites for hydroxylation is 1. The van der Waals surface area contributed by atoms with Crippen LogP contribution < -0.4 is 5.73 Å². The van der Waals surface area contributed by atoms with E-state index < -0.39 is 0 Å². The Balaban J connectivity index is 1.83. The maximum absolute atomic E-state index is 12.1. The molecule has 94 valence electrons. The van der Waals surface area contributed by atoms with Gasteiger partial charge in [-0.1, -0.05) is 0 Å². The summed E-state index contributed by atoms with van der Waals surface area (Å²) >= 11 is 1.69. The molecule has 2 atom stereocenters. The van der Waals surface area contributed by atoms with Crippen LogP contribution in [0.1, 0.15) is 31.7 Å². The highest BCUT2D eigenvalue weighted by Crippen LogP contribution is 2.18. The molecule has 0 bridgehead atoms. The van der Waals surface area contributed by atoms with Crippen molar-refractivity contribution >= 4 is 17.2 Å². The van der Waals surface area contributed by atoms with Crippen molar-refractivity contribution in [3.8, 4) is 0 Å². The Morgan fingerprint density at radius 1 is 1.65 bits per heavy atom. The zero-order chi connectivity index (χ0) is 12.3. The molecule has 2 N–H and O–H groups in total. The Bertz CT molecular complexity index is 364. The molecule has 2 heterocycles. The van der Waals surface area contributed by atoms with Crippen LogP contribution in [0.4, 0.5) is 0 Å². The van der Waals surface area contributed by atoms with Gasteiger partial charge in [0.25, 0.3) is 0 Å². The van der Waals surface area contributed by atoms with Crippen molar-refractivity contribution in [2.45, 2.75) is 44.7 Å². The quantitative estimate of drug-likeness (QED) is 0.894. The normalized spacial score (nSPS) is 24.9. The second-order valence-corrected chi connectivity index (χ2v) is 5.63. The summed E-state index contributed by atoms with van der Waals surface area (Å²) < 4.78 is 0. The topological polar surface area (TPSA) is 46.3 Å². The van der Waals surface area contributed by atoms with Crippen LogP contribution >= 0.6 is 11.3 Å². The van der Waals surface area contributed by atoms with E-state index in [9.17, 15) is 4.79 Å². The Kier molecular flexibility index (Phi) is 4.18. The van der Waals surface area contributed by atoms with Crippen LogP contribution in [0, 0.1) is 0 Å². The lowest BCUT2D eigenvalue weighted by Crippen LogP contribution is -2.48. The van der Waals surface area contributed by atoms with Gasteiger partial charge in [0.2, 0.25) is 5.91 Å². The molecule has 1 aliphatic heterocycles.